The minimum atomic E-state index is -0.151. The van der Waals surface area contributed by atoms with E-state index in [-0.39, 0.29) is 5.82 Å². The molecular weight excluding hydrogens is 281 g/mol. The number of benzene rings is 1. The molecule has 0 aliphatic carbocycles. The number of hydrogen-bond donors (Lipinski definition) is 1. The summed E-state index contributed by atoms with van der Waals surface area (Å²) in [6.07, 6.45) is 4.32. The molecule has 0 heterocycles. The van der Waals surface area contributed by atoms with Crippen molar-refractivity contribution in [2.24, 2.45) is 0 Å². The van der Waals surface area contributed by atoms with Crippen LogP contribution >= 0.6 is 15.9 Å². The van der Waals surface area contributed by atoms with Crippen molar-refractivity contribution < 1.29 is 4.39 Å². The normalized spacial score (nSPS) is 12.7. The van der Waals surface area contributed by atoms with Crippen LogP contribution in [0.3, 0.4) is 0 Å². The number of rotatable bonds is 7. The van der Waals surface area contributed by atoms with Gasteiger partial charge in [0.1, 0.15) is 5.82 Å². The second-order valence-electron chi connectivity index (χ2n) is 4.29. The summed E-state index contributed by atoms with van der Waals surface area (Å²) in [5.74, 6) is -0.151. The van der Waals surface area contributed by atoms with E-state index in [0.29, 0.717) is 6.04 Å². The van der Waals surface area contributed by atoms with Crippen molar-refractivity contribution in [2.45, 2.75) is 45.6 Å². The van der Waals surface area contributed by atoms with E-state index >= 15 is 0 Å². The molecule has 17 heavy (non-hydrogen) atoms. The summed E-state index contributed by atoms with van der Waals surface area (Å²) in [6.45, 7) is 5.35. The fourth-order valence-electron chi connectivity index (χ4n) is 2.01. The molecule has 1 nitrogen and oxygen atoms in total. The molecule has 3 heteroatoms. The van der Waals surface area contributed by atoms with Gasteiger partial charge in [-0.15, -0.1) is 0 Å². The third-order valence-corrected chi connectivity index (χ3v) is 3.77. The minimum Gasteiger partial charge on any atom is -0.314 e. The largest absolute Gasteiger partial charge is 0.314 e. The molecule has 1 atom stereocenters. The molecule has 1 unspecified atom stereocenters. The predicted molar refractivity (Wildman–Crippen MR) is 74.8 cm³/mol. The number of halogens is 2. The Bertz CT molecular complexity index is 341. The van der Waals surface area contributed by atoms with Crippen LogP contribution < -0.4 is 5.32 Å². The number of nitrogens with one attached hydrogen (secondary N) is 1. The SMILES string of the molecule is CCNC(CC)CCCc1cc(F)ccc1Br. The Kier molecular flexibility index (Phi) is 6.75. The molecule has 1 rings (SSSR count). The van der Waals surface area contributed by atoms with E-state index in [0.717, 1.165) is 42.3 Å². The second kappa shape index (κ2) is 7.83. The average molecular weight is 302 g/mol. The van der Waals surface area contributed by atoms with Crippen LogP contribution in [0.25, 0.3) is 0 Å². The summed E-state index contributed by atoms with van der Waals surface area (Å²) in [4.78, 5) is 0. The van der Waals surface area contributed by atoms with E-state index < -0.39 is 0 Å². The molecule has 1 aromatic carbocycles. The van der Waals surface area contributed by atoms with Gasteiger partial charge in [0.25, 0.3) is 0 Å². The smallest absolute Gasteiger partial charge is 0.123 e. The fourth-order valence-corrected chi connectivity index (χ4v) is 2.46. The van der Waals surface area contributed by atoms with Gasteiger partial charge < -0.3 is 5.32 Å². The van der Waals surface area contributed by atoms with Crippen molar-refractivity contribution in [1.82, 2.24) is 5.32 Å². The van der Waals surface area contributed by atoms with Gasteiger partial charge in [-0.05, 0) is 56.0 Å². The van der Waals surface area contributed by atoms with Crippen molar-refractivity contribution in [3.05, 3.63) is 34.1 Å². The molecule has 0 bridgehead atoms. The lowest BCUT2D eigenvalue weighted by Gasteiger charge is -2.15. The maximum atomic E-state index is 13.1. The number of hydrogen-bond acceptors (Lipinski definition) is 1. The quantitative estimate of drug-likeness (QED) is 0.792. The third kappa shape index (κ3) is 5.17. The molecule has 96 valence electrons. The predicted octanol–water partition coefficient (Wildman–Crippen LogP) is 4.30. The molecule has 0 saturated heterocycles. The second-order valence-corrected chi connectivity index (χ2v) is 5.15. The molecule has 0 spiro atoms. The van der Waals surface area contributed by atoms with Crippen molar-refractivity contribution in [2.75, 3.05) is 6.54 Å². The first-order valence-corrected chi connectivity index (χ1v) is 7.14. The van der Waals surface area contributed by atoms with Gasteiger partial charge in [-0.25, -0.2) is 4.39 Å². The highest BCUT2D eigenvalue weighted by atomic mass is 79.9. The van der Waals surface area contributed by atoms with Crippen LogP contribution in [0.2, 0.25) is 0 Å². The topological polar surface area (TPSA) is 12.0 Å². The first-order valence-electron chi connectivity index (χ1n) is 6.34. The van der Waals surface area contributed by atoms with E-state index in [1.54, 1.807) is 12.1 Å². The molecule has 0 aliphatic heterocycles. The zero-order chi connectivity index (χ0) is 12.7. The van der Waals surface area contributed by atoms with Gasteiger partial charge in [-0.2, -0.15) is 0 Å². The van der Waals surface area contributed by atoms with Crippen molar-refractivity contribution in [1.29, 1.82) is 0 Å². The van der Waals surface area contributed by atoms with Crippen LogP contribution in [-0.2, 0) is 6.42 Å². The van der Waals surface area contributed by atoms with Crippen LogP contribution in [0.4, 0.5) is 4.39 Å². The monoisotopic (exact) mass is 301 g/mol. The lowest BCUT2D eigenvalue weighted by atomic mass is 10.0. The fraction of sp³-hybridized carbons (Fsp3) is 0.571. The highest BCUT2D eigenvalue weighted by Gasteiger charge is 2.06. The summed E-state index contributed by atoms with van der Waals surface area (Å²) in [5.41, 5.74) is 1.07. The van der Waals surface area contributed by atoms with E-state index in [1.807, 2.05) is 0 Å². The Morgan fingerprint density at radius 3 is 2.76 bits per heavy atom. The molecule has 1 N–H and O–H groups in total. The summed E-state index contributed by atoms with van der Waals surface area (Å²) >= 11 is 3.46. The molecule has 0 aliphatic rings. The highest BCUT2D eigenvalue weighted by Crippen LogP contribution is 2.20. The summed E-state index contributed by atoms with van der Waals surface area (Å²) in [5, 5.41) is 3.46. The molecule has 0 aromatic heterocycles. The van der Waals surface area contributed by atoms with Gasteiger partial charge in [0.2, 0.25) is 0 Å². The molecule has 0 radical (unpaired) electrons. The minimum absolute atomic E-state index is 0.151. The van der Waals surface area contributed by atoms with E-state index in [1.165, 1.54) is 6.07 Å². The molecule has 0 fully saturated rings. The molecule has 0 saturated carbocycles. The van der Waals surface area contributed by atoms with Crippen molar-refractivity contribution >= 4 is 15.9 Å². The maximum Gasteiger partial charge on any atom is 0.123 e. The van der Waals surface area contributed by atoms with Gasteiger partial charge in [-0.3, -0.25) is 0 Å². The number of aryl methyl sites for hydroxylation is 1. The zero-order valence-electron chi connectivity index (χ0n) is 10.6. The van der Waals surface area contributed by atoms with E-state index in [9.17, 15) is 4.39 Å². The Labute approximate surface area is 112 Å². The lowest BCUT2D eigenvalue weighted by molar-refractivity contribution is 0.466. The average Bonchev–Trinajstić information content (AvgIpc) is 2.32. The first-order chi connectivity index (χ1) is 8.17. The molecule has 1 aromatic rings. The van der Waals surface area contributed by atoms with Gasteiger partial charge in [-0.1, -0.05) is 29.8 Å². The third-order valence-electron chi connectivity index (χ3n) is 2.99. The molecule has 0 amide bonds. The van der Waals surface area contributed by atoms with Crippen LogP contribution in [0.1, 0.15) is 38.7 Å². The Balaban J connectivity index is 2.42. The van der Waals surface area contributed by atoms with Gasteiger partial charge in [0.05, 0.1) is 0 Å². The van der Waals surface area contributed by atoms with Crippen LogP contribution in [-0.4, -0.2) is 12.6 Å². The van der Waals surface area contributed by atoms with Crippen LogP contribution in [0, 0.1) is 5.82 Å². The van der Waals surface area contributed by atoms with Gasteiger partial charge in [0.15, 0.2) is 0 Å². The summed E-state index contributed by atoms with van der Waals surface area (Å²) in [6, 6.07) is 5.48. The summed E-state index contributed by atoms with van der Waals surface area (Å²) in [7, 11) is 0. The first kappa shape index (κ1) is 14.7. The van der Waals surface area contributed by atoms with Crippen LogP contribution in [0.15, 0.2) is 22.7 Å². The lowest BCUT2D eigenvalue weighted by Crippen LogP contribution is -2.28. The standard InChI is InChI=1S/C14H21BrFN/c1-3-13(17-4-2)7-5-6-11-10-12(16)8-9-14(11)15/h8-10,13,17H,3-7H2,1-2H3. The van der Waals surface area contributed by atoms with Crippen molar-refractivity contribution in [3.63, 3.8) is 0 Å². The van der Waals surface area contributed by atoms with E-state index in [4.69, 9.17) is 0 Å². The summed E-state index contributed by atoms with van der Waals surface area (Å²) < 4.78 is 14.1. The maximum absolute atomic E-state index is 13.1. The van der Waals surface area contributed by atoms with E-state index in [2.05, 4.69) is 35.1 Å². The Morgan fingerprint density at radius 1 is 1.35 bits per heavy atom. The highest BCUT2D eigenvalue weighted by molar-refractivity contribution is 9.10. The van der Waals surface area contributed by atoms with Gasteiger partial charge in [0, 0.05) is 10.5 Å². The van der Waals surface area contributed by atoms with Gasteiger partial charge >= 0.3 is 0 Å². The molecular formula is C14H21BrFN. The van der Waals surface area contributed by atoms with Crippen LogP contribution in [0.5, 0.6) is 0 Å². The van der Waals surface area contributed by atoms with Crippen molar-refractivity contribution in [3.8, 4) is 0 Å². The Morgan fingerprint density at radius 2 is 2.12 bits per heavy atom. The zero-order valence-corrected chi connectivity index (χ0v) is 12.2. The Hall–Kier alpha value is -0.410.